The van der Waals surface area contributed by atoms with Crippen molar-refractivity contribution < 1.29 is 27.5 Å². The van der Waals surface area contributed by atoms with Gasteiger partial charge in [0.25, 0.3) is 5.91 Å². The molecule has 1 N–H and O–H groups in total. The molecule has 0 atom stereocenters. The molecule has 0 saturated carbocycles. The summed E-state index contributed by atoms with van der Waals surface area (Å²) in [5.41, 5.74) is 1.90. The van der Waals surface area contributed by atoms with Crippen LogP contribution in [0.5, 0.6) is 11.5 Å². The maximum absolute atomic E-state index is 12.6. The van der Waals surface area contributed by atoms with Crippen molar-refractivity contribution in [1.82, 2.24) is 0 Å². The van der Waals surface area contributed by atoms with Crippen molar-refractivity contribution in [1.29, 1.82) is 0 Å². The number of rotatable bonds is 9. The molecule has 0 aliphatic heterocycles. The van der Waals surface area contributed by atoms with E-state index in [1.54, 1.807) is 31.2 Å². The molecule has 156 valence electrons. The molecule has 30 heavy (non-hydrogen) atoms. The van der Waals surface area contributed by atoms with Gasteiger partial charge in [0, 0.05) is 0 Å². The number of halogens is 2. The lowest BCUT2D eigenvalue weighted by Gasteiger charge is -2.12. The highest BCUT2D eigenvalue weighted by atomic mass is 19.3. The van der Waals surface area contributed by atoms with Crippen LogP contribution in [0.15, 0.2) is 71.7 Å². The van der Waals surface area contributed by atoms with Crippen LogP contribution in [0.25, 0.3) is 0 Å². The summed E-state index contributed by atoms with van der Waals surface area (Å²) < 4.78 is 41.0. The predicted octanol–water partition coefficient (Wildman–Crippen LogP) is 5.75. The van der Waals surface area contributed by atoms with Crippen LogP contribution in [0.4, 0.5) is 14.5 Å². The Morgan fingerprint density at radius 3 is 2.73 bits per heavy atom. The zero-order chi connectivity index (χ0) is 21.5. The quantitative estimate of drug-likeness (QED) is 0.454. The lowest BCUT2D eigenvalue weighted by atomic mass is 10.1. The van der Waals surface area contributed by atoms with Crippen molar-refractivity contribution in [3.05, 3.63) is 89.9 Å². The Labute approximate surface area is 172 Å². The summed E-state index contributed by atoms with van der Waals surface area (Å²) in [7, 11) is 0. The van der Waals surface area contributed by atoms with E-state index in [9.17, 15) is 13.6 Å². The van der Waals surface area contributed by atoms with Crippen molar-refractivity contribution in [2.75, 3.05) is 5.32 Å². The molecule has 5 nitrogen and oxygen atoms in total. The Morgan fingerprint density at radius 2 is 1.97 bits per heavy atom. The zero-order valence-electron chi connectivity index (χ0n) is 16.4. The Hall–Kier alpha value is -3.61. The Kier molecular flexibility index (Phi) is 6.85. The summed E-state index contributed by atoms with van der Waals surface area (Å²) in [5, 5.41) is 2.54. The number of nitrogens with one attached hydrogen (secondary N) is 1. The normalized spacial score (nSPS) is 10.7. The van der Waals surface area contributed by atoms with Gasteiger partial charge in [-0.05, 0) is 54.8 Å². The van der Waals surface area contributed by atoms with E-state index in [1.165, 1.54) is 12.1 Å². The van der Waals surface area contributed by atoms with Gasteiger partial charge in [0.15, 0.2) is 5.76 Å². The number of furan rings is 1. The van der Waals surface area contributed by atoms with E-state index in [-0.39, 0.29) is 23.8 Å². The molecular formula is C23H21F2NO4. The van der Waals surface area contributed by atoms with Crippen molar-refractivity contribution >= 4 is 11.6 Å². The van der Waals surface area contributed by atoms with E-state index in [0.717, 1.165) is 11.1 Å². The molecule has 0 unspecified atom stereocenters. The number of anilines is 1. The van der Waals surface area contributed by atoms with Crippen molar-refractivity contribution in [2.24, 2.45) is 0 Å². The third-order valence-corrected chi connectivity index (χ3v) is 4.19. The third kappa shape index (κ3) is 5.47. The second-order valence-corrected chi connectivity index (χ2v) is 6.49. The molecule has 1 heterocycles. The van der Waals surface area contributed by atoms with Crippen LogP contribution in [0, 0.1) is 6.92 Å². The molecule has 1 amide bonds. The molecule has 0 aliphatic rings. The van der Waals surface area contributed by atoms with E-state index in [1.807, 2.05) is 24.3 Å². The molecular weight excluding hydrogens is 392 g/mol. The number of carbonyl (C=O) groups is 1. The van der Waals surface area contributed by atoms with E-state index >= 15 is 0 Å². The highest BCUT2D eigenvalue weighted by Gasteiger charge is 2.16. The predicted molar refractivity (Wildman–Crippen MR) is 109 cm³/mol. The first kappa shape index (κ1) is 21.1. The van der Waals surface area contributed by atoms with Crippen LogP contribution in [0.1, 0.15) is 27.4 Å². The Balaban J connectivity index is 1.67. The van der Waals surface area contributed by atoms with Gasteiger partial charge in [-0.2, -0.15) is 8.78 Å². The molecule has 1 aromatic heterocycles. The lowest BCUT2D eigenvalue weighted by molar-refractivity contribution is -0.0493. The van der Waals surface area contributed by atoms with E-state index in [0.29, 0.717) is 17.9 Å². The van der Waals surface area contributed by atoms with Gasteiger partial charge in [0.05, 0.1) is 5.69 Å². The minimum absolute atomic E-state index is 0.0254. The second-order valence-electron chi connectivity index (χ2n) is 6.49. The first-order chi connectivity index (χ1) is 14.5. The SMILES string of the molecule is C=CCc1ccccc1OCc1ccc(C(=O)Nc2cc(C)ccc2OC(F)F)o1. The molecule has 0 saturated heterocycles. The van der Waals surface area contributed by atoms with Crippen molar-refractivity contribution in [3.63, 3.8) is 0 Å². The fourth-order valence-corrected chi connectivity index (χ4v) is 2.82. The molecule has 0 spiro atoms. The van der Waals surface area contributed by atoms with Gasteiger partial charge in [0.1, 0.15) is 23.9 Å². The number of hydrogen-bond acceptors (Lipinski definition) is 4. The van der Waals surface area contributed by atoms with Gasteiger partial charge < -0.3 is 19.2 Å². The molecule has 3 rings (SSSR count). The average molecular weight is 413 g/mol. The number of para-hydroxylation sites is 1. The topological polar surface area (TPSA) is 60.7 Å². The monoisotopic (exact) mass is 413 g/mol. The van der Waals surface area contributed by atoms with Gasteiger partial charge in [-0.1, -0.05) is 30.3 Å². The number of ether oxygens (including phenoxy) is 2. The van der Waals surface area contributed by atoms with Crippen LogP contribution in [0.3, 0.4) is 0 Å². The van der Waals surface area contributed by atoms with Crippen LogP contribution in [-0.2, 0) is 13.0 Å². The Morgan fingerprint density at radius 1 is 1.17 bits per heavy atom. The summed E-state index contributed by atoms with van der Waals surface area (Å²) in [6.07, 6.45) is 2.45. The average Bonchev–Trinajstić information content (AvgIpc) is 3.18. The van der Waals surface area contributed by atoms with E-state index in [4.69, 9.17) is 9.15 Å². The molecule has 0 bridgehead atoms. The van der Waals surface area contributed by atoms with Gasteiger partial charge >= 0.3 is 6.61 Å². The summed E-state index contributed by atoms with van der Waals surface area (Å²) in [6.45, 7) is 2.63. The minimum Gasteiger partial charge on any atom is -0.485 e. The molecule has 7 heteroatoms. The van der Waals surface area contributed by atoms with Gasteiger partial charge in [-0.25, -0.2) is 0 Å². The number of hydrogen-bond donors (Lipinski definition) is 1. The number of amides is 1. The van der Waals surface area contributed by atoms with Crippen LogP contribution in [-0.4, -0.2) is 12.5 Å². The molecule has 0 fully saturated rings. The number of alkyl halides is 2. The van der Waals surface area contributed by atoms with Crippen molar-refractivity contribution in [3.8, 4) is 11.5 Å². The standard InChI is InChI=1S/C23H21F2NO4/c1-3-6-16-7-4-5-8-19(16)28-14-17-10-12-21(29-17)22(27)26-18-13-15(2)9-11-20(18)30-23(24)25/h3-5,7-13,23H,1,6,14H2,2H3,(H,26,27). The number of aryl methyl sites for hydroxylation is 1. The maximum atomic E-state index is 12.6. The van der Waals surface area contributed by atoms with E-state index in [2.05, 4.69) is 16.6 Å². The van der Waals surface area contributed by atoms with Crippen LogP contribution >= 0.6 is 0 Å². The fourth-order valence-electron chi connectivity index (χ4n) is 2.82. The maximum Gasteiger partial charge on any atom is 0.387 e. The summed E-state index contributed by atoms with van der Waals surface area (Å²) in [6, 6.07) is 15.2. The largest absolute Gasteiger partial charge is 0.485 e. The number of carbonyl (C=O) groups excluding carboxylic acids is 1. The first-order valence-electron chi connectivity index (χ1n) is 9.23. The third-order valence-electron chi connectivity index (χ3n) is 4.19. The highest BCUT2D eigenvalue weighted by molar-refractivity contribution is 6.03. The van der Waals surface area contributed by atoms with E-state index < -0.39 is 12.5 Å². The van der Waals surface area contributed by atoms with Crippen molar-refractivity contribution in [2.45, 2.75) is 26.6 Å². The molecule has 3 aromatic rings. The van der Waals surface area contributed by atoms with Crippen LogP contribution in [0.2, 0.25) is 0 Å². The van der Waals surface area contributed by atoms with Gasteiger partial charge in [0.2, 0.25) is 0 Å². The smallest absolute Gasteiger partial charge is 0.387 e. The molecule has 2 aromatic carbocycles. The summed E-state index contributed by atoms with van der Waals surface area (Å²) in [4.78, 5) is 12.5. The number of allylic oxidation sites excluding steroid dienone is 1. The first-order valence-corrected chi connectivity index (χ1v) is 9.23. The summed E-state index contributed by atoms with van der Waals surface area (Å²) in [5.74, 6) is 0.462. The van der Waals surface area contributed by atoms with Gasteiger partial charge in [-0.15, -0.1) is 6.58 Å². The van der Waals surface area contributed by atoms with Crippen LogP contribution < -0.4 is 14.8 Å². The summed E-state index contributed by atoms with van der Waals surface area (Å²) >= 11 is 0. The van der Waals surface area contributed by atoms with Gasteiger partial charge in [-0.3, -0.25) is 4.79 Å². The fraction of sp³-hybridized carbons (Fsp3) is 0.174. The minimum atomic E-state index is -3.00. The highest BCUT2D eigenvalue weighted by Crippen LogP contribution is 2.28. The molecule has 0 radical (unpaired) electrons. The zero-order valence-corrected chi connectivity index (χ0v) is 16.4. The number of benzene rings is 2. The molecule has 0 aliphatic carbocycles. The lowest BCUT2D eigenvalue weighted by Crippen LogP contribution is -2.13. The second kappa shape index (κ2) is 9.73. The Bertz CT molecular complexity index is 1030.